The average molecular weight is 304 g/mol. The van der Waals surface area contributed by atoms with Crippen LogP contribution in [0.5, 0.6) is 0 Å². The summed E-state index contributed by atoms with van der Waals surface area (Å²) < 4.78 is 6.53. The van der Waals surface area contributed by atoms with E-state index in [0.717, 1.165) is 5.71 Å². The van der Waals surface area contributed by atoms with Crippen molar-refractivity contribution in [3.63, 3.8) is 0 Å². The lowest BCUT2D eigenvalue weighted by molar-refractivity contribution is -0.141. The molecule has 0 radical (unpaired) electrons. The van der Waals surface area contributed by atoms with Crippen LogP contribution in [-0.4, -0.2) is 48.9 Å². The van der Waals surface area contributed by atoms with Crippen LogP contribution in [0.25, 0.3) is 11.5 Å². The molecule has 8 nitrogen and oxygen atoms in total. The minimum atomic E-state index is -0.283. The molecule has 0 aromatic carbocycles. The van der Waals surface area contributed by atoms with Crippen molar-refractivity contribution in [1.82, 2.24) is 24.8 Å². The van der Waals surface area contributed by atoms with E-state index < -0.39 is 0 Å². The fraction of sp³-hybridized carbons (Fsp3) is 0.333. The van der Waals surface area contributed by atoms with Crippen LogP contribution >= 0.6 is 11.8 Å². The number of fused-ring (bicyclic) bond motifs is 1. The molecule has 0 saturated carbocycles. The van der Waals surface area contributed by atoms with Crippen LogP contribution in [-0.2, 0) is 9.53 Å². The third-order valence-electron chi connectivity index (χ3n) is 2.67. The molecule has 0 amide bonds. The van der Waals surface area contributed by atoms with Gasteiger partial charge in [0, 0.05) is 18.1 Å². The second kappa shape index (κ2) is 6.00. The summed E-state index contributed by atoms with van der Waals surface area (Å²) in [6, 6.07) is 0. The van der Waals surface area contributed by atoms with Crippen LogP contribution in [0.3, 0.4) is 0 Å². The molecule has 3 rings (SSSR count). The zero-order valence-corrected chi connectivity index (χ0v) is 12.1. The molecule has 3 heterocycles. The second-order valence-electron chi connectivity index (χ2n) is 4.15. The summed E-state index contributed by atoms with van der Waals surface area (Å²) in [6.45, 7) is 2.14. The standard InChI is InChI=1S/C12H12N6O2S/c1-2-20-10(19)5-8-7-21-12-16-15-11(18(12)17-8)9-6-13-3-4-14-9/h3-4,6H,2,5,7H2,1H3. The highest BCUT2D eigenvalue weighted by atomic mass is 32.2. The van der Waals surface area contributed by atoms with Gasteiger partial charge in [0.2, 0.25) is 11.0 Å². The molecule has 2 aromatic rings. The number of hydrogen-bond acceptors (Lipinski definition) is 8. The monoisotopic (exact) mass is 304 g/mol. The van der Waals surface area contributed by atoms with Gasteiger partial charge in [-0.25, -0.2) is 4.98 Å². The van der Waals surface area contributed by atoms with Gasteiger partial charge < -0.3 is 4.74 Å². The molecule has 0 atom stereocenters. The van der Waals surface area contributed by atoms with Crippen molar-refractivity contribution in [2.24, 2.45) is 5.10 Å². The number of nitrogens with zero attached hydrogens (tertiary/aromatic N) is 6. The number of thioether (sulfide) groups is 1. The zero-order valence-electron chi connectivity index (χ0n) is 11.3. The van der Waals surface area contributed by atoms with E-state index in [1.165, 1.54) is 11.8 Å². The Bertz CT molecular complexity index is 684. The number of rotatable bonds is 4. The van der Waals surface area contributed by atoms with Gasteiger partial charge in [0.1, 0.15) is 5.69 Å². The first kappa shape index (κ1) is 13.7. The Morgan fingerprint density at radius 3 is 3.10 bits per heavy atom. The predicted molar refractivity (Wildman–Crippen MR) is 75.9 cm³/mol. The number of aromatic nitrogens is 5. The SMILES string of the molecule is CCOC(=O)CC1=Nn2c(nnc2-c2cnccn2)SC1. The summed E-state index contributed by atoms with van der Waals surface area (Å²) >= 11 is 1.47. The van der Waals surface area contributed by atoms with E-state index >= 15 is 0 Å². The topological polar surface area (TPSA) is 95.2 Å². The first-order chi connectivity index (χ1) is 10.3. The Labute approximate surface area is 124 Å². The van der Waals surface area contributed by atoms with E-state index in [2.05, 4.69) is 25.3 Å². The first-order valence-electron chi connectivity index (χ1n) is 6.35. The van der Waals surface area contributed by atoms with Crippen molar-refractivity contribution in [3.8, 4) is 11.5 Å². The van der Waals surface area contributed by atoms with Crippen LogP contribution in [0, 0.1) is 0 Å². The lowest BCUT2D eigenvalue weighted by atomic mass is 10.3. The normalized spacial score (nSPS) is 13.5. The van der Waals surface area contributed by atoms with Crippen LogP contribution in [0.2, 0.25) is 0 Å². The summed E-state index contributed by atoms with van der Waals surface area (Å²) in [6.07, 6.45) is 4.92. The predicted octanol–water partition coefficient (Wildman–Crippen LogP) is 0.998. The molecule has 0 unspecified atom stereocenters. The highest BCUT2D eigenvalue weighted by molar-refractivity contribution is 7.99. The Kier molecular flexibility index (Phi) is 3.91. The molecular formula is C12H12N6O2S. The molecule has 0 spiro atoms. The molecule has 0 aliphatic carbocycles. The number of ether oxygens (including phenoxy) is 1. The summed E-state index contributed by atoms with van der Waals surface area (Å²) in [4.78, 5) is 19.7. The molecule has 21 heavy (non-hydrogen) atoms. The number of carbonyl (C=O) groups is 1. The van der Waals surface area contributed by atoms with E-state index in [1.807, 2.05) is 0 Å². The molecule has 2 aromatic heterocycles. The molecule has 1 aliphatic rings. The van der Waals surface area contributed by atoms with Crippen molar-refractivity contribution >= 4 is 23.4 Å². The van der Waals surface area contributed by atoms with Gasteiger partial charge in [-0.2, -0.15) is 9.78 Å². The van der Waals surface area contributed by atoms with Gasteiger partial charge in [-0.15, -0.1) is 10.2 Å². The lowest BCUT2D eigenvalue weighted by Gasteiger charge is -2.12. The maximum Gasteiger partial charge on any atom is 0.311 e. The lowest BCUT2D eigenvalue weighted by Crippen LogP contribution is -2.18. The Balaban J connectivity index is 1.89. The molecular weight excluding hydrogens is 292 g/mol. The average Bonchev–Trinajstić information content (AvgIpc) is 2.91. The minimum Gasteiger partial charge on any atom is -0.466 e. The van der Waals surface area contributed by atoms with Gasteiger partial charge in [-0.3, -0.25) is 9.78 Å². The maximum atomic E-state index is 11.5. The van der Waals surface area contributed by atoms with Crippen molar-refractivity contribution < 1.29 is 9.53 Å². The third-order valence-corrected chi connectivity index (χ3v) is 3.66. The number of hydrogen-bond donors (Lipinski definition) is 0. The smallest absolute Gasteiger partial charge is 0.311 e. The van der Waals surface area contributed by atoms with Gasteiger partial charge in [-0.05, 0) is 6.92 Å². The molecule has 0 bridgehead atoms. The number of esters is 1. The summed E-state index contributed by atoms with van der Waals surface area (Å²) in [5, 5.41) is 13.2. The molecule has 0 saturated heterocycles. The van der Waals surface area contributed by atoms with Gasteiger partial charge in [0.25, 0.3) is 0 Å². The summed E-state index contributed by atoms with van der Waals surface area (Å²) in [5.74, 6) is 0.818. The van der Waals surface area contributed by atoms with Gasteiger partial charge in [0.15, 0.2) is 0 Å². The van der Waals surface area contributed by atoms with Gasteiger partial charge in [0.05, 0.1) is 24.9 Å². The van der Waals surface area contributed by atoms with Crippen LogP contribution < -0.4 is 0 Å². The van der Waals surface area contributed by atoms with Crippen molar-refractivity contribution in [1.29, 1.82) is 0 Å². The largest absolute Gasteiger partial charge is 0.466 e. The minimum absolute atomic E-state index is 0.165. The number of carbonyl (C=O) groups excluding carboxylic acids is 1. The van der Waals surface area contributed by atoms with Crippen LogP contribution in [0.1, 0.15) is 13.3 Å². The maximum absolute atomic E-state index is 11.5. The van der Waals surface area contributed by atoms with E-state index in [-0.39, 0.29) is 12.4 Å². The van der Waals surface area contributed by atoms with Gasteiger partial charge >= 0.3 is 5.97 Å². The molecule has 1 aliphatic heterocycles. The summed E-state index contributed by atoms with van der Waals surface area (Å²) in [5.41, 5.74) is 1.30. The third kappa shape index (κ3) is 2.92. The molecule has 9 heteroatoms. The molecule has 0 fully saturated rings. The first-order valence-corrected chi connectivity index (χ1v) is 7.33. The highest BCUT2D eigenvalue weighted by Crippen LogP contribution is 2.26. The zero-order chi connectivity index (χ0) is 14.7. The van der Waals surface area contributed by atoms with Crippen molar-refractivity contribution in [2.45, 2.75) is 18.5 Å². The Morgan fingerprint density at radius 1 is 1.43 bits per heavy atom. The van der Waals surface area contributed by atoms with E-state index in [0.29, 0.717) is 29.0 Å². The molecule has 108 valence electrons. The van der Waals surface area contributed by atoms with Crippen molar-refractivity contribution in [2.75, 3.05) is 12.4 Å². The van der Waals surface area contributed by atoms with E-state index in [4.69, 9.17) is 4.74 Å². The Morgan fingerprint density at radius 2 is 2.33 bits per heavy atom. The fourth-order valence-corrected chi connectivity index (χ4v) is 2.61. The van der Waals surface area contributed by atoms with Gasteiger partial charge in [-0.1, -0.05) is 11.8 Å². The van der Waals surface area contributed by atoms with Crippen LogP contribution in [0.4, 0.5) is 0 Å². The van der Waals surface area contributed by atoms with E-state index in [1.54, 1.807) is 30.2 Å². The second-order valence-corrected chi connectivity index (χ2v) is 5.09. The van der Waals surface area contributed by atoms with Crippen LogP contribution in [0.15, 0.2) is 28.8 Å². The summed E-state index contributed by atoms with van der Waals surface area (Å²) in [7, 11) is 0. The molecule has 0 N–H and O–H groups in total. The van der Waals surface area contributed by atoms with E-state index in [9.17, 15) is 4.79 Å². The Hall–Kier alpha value is -2.29. The highest BCUT2D eigenvalue weighted by Gasteiger charge is 2.22. The van der Waals surface area contributed by atoms with Crippen molar-refractivity contribution in [3.05, 3.63) is 18.6 Å². The fourth-order valence-electron chi connectivity index (χ4n) is 1.80. The quantitative estimate of drug-likeness (QED) is 0.777.